The van der Waals surface area contributed by atoms with Crippen molar-refractivity contribution in [1.29, 1.82) is 0 Å². The molecular weight excluding hydrogens is 427 g/mol. The molecule has 0 aromatic heterocycles. The summed E-state index contributed by atoms with van der Waals surface area (Å²) in [6, 6.07) is 23.2. The molecule has 1 fully saturated rings. The summed E-state index contributed by atoms with van der Waals surface area (Å²) in [4.78, 5) is 15.5. The van der Waals surface area contributed by atoms with E-state index < -0.39 is 0 Å². The lowest BCUT2D eigenvalue weighted by atomic mass is 9.83. The van der Waals surface area contributed by atoms with Crippen molar-refractivity contribution in [1.82, 2.24) is 10.2 Å². The number of carbonyl (C=O) groups is 1. The first-order chi connectivity index (χ1) is 16.5. The summed E-state index contributed by atoms with van der Waals surface area (Å²) in [5, 5.41) is 3.15. The number of carbonyl (C=O) groups excluding carboxylic acids is 1. The van der Waals surface area contributed by atoms with E-state index in [1.165, 1.54) is 17.2 Å². The summed E-state index contributed by atoms with van der Waals surface area (Å²) in [6.07, 6.45) is 1.59. The maximum atomic E-state index is 13.7. The molecule has 4 nitrogen and oxygen atoms in total. The molecule has 4 rings (SSSR count). The van der Waals surface area contributed by atoms with Gasteiger partial charge in [0.2, 0.25) is 5.91 Å². The van der Waals surface area contributed by atoms with E-state index in [-0.39, 0.29) is 23.6 Å². The molecule has 3 aromatic rings. The maximum absolute atomic E-state index is 13.7. The van der Waals surface area contributed by atoms with E-state index >= 15 is 0 Å². The number of benzene rings is 3. The Morgan fingerprint density at radius 1 is 1.03 bits per heavy atom. The van der Waals surface area contributed by atoms with Gasteiger partial charge in [-0.25, -0.2) is 4.39 Å². The van der Waals surface area contributed by atoms with Crippen LogP contribution in [0.1, 0.15) is 34.6 Å². The topological polar surface area (TPSA) is 41.6 Å². The number of methoxy groups -OCH3 is 1. The largest absolute Gasteiger partial charge is 0.497 e. The zero-order valence-electron chi connectivity index (χ0n) is 20.0. The highest BCUT2D eigenvalue weighted by Crippen LogP contribution is 2.32. The van der Waals surface area contributed by atoms with Gasteiger partial charge in [-0.05, 0) is 66.6 Å². The lowest BCUT2D eigenvalue weighted by molar-refractivity contribution is -0.127. The first kappa shape index (κ1) is 24.0. The van der Waals surface area contributed by atoms with Gasteiger partial charge in [-0.1, -0.05) is 54.1 Å². The van der Waals surface area contributed by atoms with Crippen molar-refractivity contribution in [3.63, 3.8) is 0 Å². The molecule has 0 unspecified atom stereocenters. The molecule has 0 saturated carbocycles. The van der Waals surface area contributed by atoms with Crippen LogP contribution in [-0.4, -0.2) is 37.6 Å². The van der Waals surface area contributed by atoms with E-state index in [4.69, 9.17) is 4.74 Å². The molecule has 1 amide bonds. The summed E-state index contributed by atoms with van der Waals surface area (Å²) in [5.74, 6) is 0.853. The van der Waals surface area contributed by atoms with Gasteiger partial charge >= 0.3 is 0 Å². The summed E-state index contributed by atoms with van der Waals surface area (Å²) >= 11 is 0. The summed E-state index contributed by atoms with van der Waals surface area (Å²) in [7, 11) is 1.65. The predicted molar refractivity (Wildman–Crippen MR) is 133 cm³/mol. The van der Waals surface area contributed by atoms with Gasteiger partial charge in [-0.2, -0.15) is 0 Å². The van der Waals surface area contributed by atoms with Crippen molar-refractivity contribution in [2.75, 3.05) is 26.7 Å². The average molecular weight is 461 g/mol. The summed E-state index contributed by atoms with van der Waals surface area (Å²) < 4.78 is 19.0. The monoisotopic (exact) mass is 460 g/mol. The number of hydrogen-bond acceptors (Lipinski definition) is 3. The molecule has 0 bridgehead atoms. The quantitative estimate of drug-likeness (QED) is 0.508. The number of halogens is 1. The van der Waals surface area contributed by atoms with E-state index in [1.807, 2.05) is 30.3 Å². The summed E-state index contributed by atoms with van der Waals surface area (Å²) in [6.45, 7) is 4.86. The van der Waals surface area contributed by atoms with Gasteiger partial charge in [0.25, 0.3) is 0 Å². The number of rotatable bonds is 8. The van der Waals surface area contributed by atoms with Gasteiger partial charge in [0.15, 0.2) is 0 Å². The van der Waals surface area contributed by atoms with Crippen molar-refractivity contribution < 1.29 is 13.9 Å². The second-order valence-corrected chi connectivity index (χ2v) is 9.26. The highest BCUT2D eigenvalue weighted by Gasteiger charge is 2.32. The number of nitrogens with zero attached hydrogens (tertiary/aromatic N) is 1. The zero-order valence-corrected chi connectivity index (χ0v) is 20.0. The molecule has 3 aromatic carbocycles. The smallest absolute Gasteiger partial charge is 0.224 e. The van der Waals surface area contributed by atoms with E-state index in [1.54, 1.807) is 19.2 Å². The van der Waals surface area contributed by atoms with E-state index in [2.05, 4.69) is 41.4 Å². The molecule has 1 N–H and O–H groups in total. The van der Waals surface area contributed by atoms with E-state index in [0.717, 1.165) is 36.3 Å². The standard InChI is InChI=1S/C29H33FN2O2/c1-21-5-3-7-24(15-21)25-17-26(20-32(19-25)18-23-6-4-8-27(30)16-23)29(33)31-14-13-22-9-11-28(34-2)12-10-22/h3-12,15-16,25-26H,13-14,17-20H2,1-2H3,(H,31,33)/t25-,26-/m1/s1. The SMILES string of the molecule is COc1ccc(CCNC(=O)[C@@H]2C[C@@H](c3cccc(C)c3)CN(Cc3cccc(F)c3)C2)cc1. The van der Waals surface area contributed by atoms with Crippen LogP contribution >= 0.6 is 0 Å². The number of likely N-dealkylation sites (tertiary alicyclic amines) is 1. The molecule has 1 aliphatic rings. The first-order valence-corrected chi connectivity index (χ1v) is 11.9. The van der Waals surface area contributed by atoms with Crippen molar-refractivity contribution in [2.24, 2.45) is 5.92 Å². The third-order valence-electron chi connectivity index (χ3n) is 6.58. The van der Waals surface area contributed by atoms with E-state index in [0.29, 0.717) is 19.6 Å². The molecule has 1 saturated heterocycles. The molecular formula is C29H33FN2O2. The molecule has 0 spiro atoms. The van der Waals surface area contributed by atoms with Gasteiger partial charge in [0.05, 0.1) is 13.0 Å². The van der Waals surface area contributed by atoms with Crippen LogP contribution < -0.4 is 10.1 Å². The molecule has 178 valence electrons. The minimum atomic E-state index is -0.224. The normalized spacial score (nSPS) is 18.4. The Morgan fingerprint density at radius 2 is 1.82 bits per heavy atom. The van der Waals surface area contributed by atoms with Crippen LogP contribution in [0.25, 0.3) is 0 Å². The second kappa shape index (κ2) is 11.3. The molecule has 2 atom stereocenters. The van der Waals surface area contributed by atoms with Gasteiger partial charge in [0.1, 0.15) is 11.6 Å². The lowest BCUT2D eigenvalue weighted by Crippen LogP contribution is -2.45. The minimum Gasteiger partial charge on any atom is -0.497 e. The van der Waals surface area contributed by atoms with Crippen LogP contribution in [0, 0.1) is 18.7 Å². The van der Waals surface area contributed by atoms with Crippen molar-refractivity contribution in [3.8, 4) is 5.75 Å². The highest BCUT2D eigenvalue weighted by molar-refractivity contribution is 5.79. The Balaban J connectivity index is 1.42. The number of piperidine rings is 1. The van der Waals surface area contributed by atoms with Gasteiger partial charge in [0, 0.05) is 26.2 Å². The fourth-order valence-electron chi connectivity index (χ4n) is 4.84. The Bertz CT molecular complexity index is 1100. The van der Waals surface area contributed by atoms with Crippen molar-refractivity contribution in [3.05, 3.63) is 101 Å². The van der Waals surface area contributed by atoms with Crippen LogP contribution in [0.15, 0.2) is 72.8 Å². The number of hydrogen-bond donors (Lipinski definition) is 1. The Labute approximate surface area is 201 Å². The van der Waals surface area contributed by atoms with Crippen LogP contribution in [0.3, 0.4) is 0 Å². The van der Waals surface area contributed by atoms with Crippen LogP contribution in [0.4, 0.5) is 4.39 Å². The second-order valence-electron chi connectivity index (χ2n) is 9.26. The molecule has 5 heteroatoms. The predicted octanol–water partition coefficient (Wildman–Crippen LogP) is 5.11. The number of amides is 1. The van der Waals surface area contributed by atoms with Crippen molar-refractivity contribution in [2.45, 2.75) is 32.2 Å². The molecule has 1 aliphatic heterocycles. The molecule has 0 aliphatic carbocycles. The minimum absolute atomic E-state index is 0.0927. The third kappa shape index (κ3) is 6.45. The van der Waals surface area contributed by atoms with Gasteiger partial charge < -0.3 is 10.1 Å². The third-order valence-corrected chi connectivity index (χ3v) is 6.58. The van der Waals surface area contributed by atoms with Crippen LogP contribution in [0.2, 0.25) is 0 Å². The zero-order chi connectivity index (χ0) is 23.9. The van der Waals surface area contributed by atoms with Crippen LogP contribution in [0.5, 0.6) is 5.75 Å². The Kier molecular flexibility index (Phi) is 7.96. The molecule has 0 radical (unpaired) electrons. The number of aryl methyl sites for hydroxylation is 1. The fourth-order valence-corrected chi connectivity index (χ4v) is 4.84. The van der Waals surface area contributed by atoms with Crippen LogP contribution in [-0.2, 0) is 17.8 Å². The average Bonchev–Trinajstić information content (AvgIpc) is 2.84. The Morgan fingerprint density at radius 3 is 2.56 bits per heavy atom. The lowest BCUT2D eigenvalue weighted by Gasteiger charge is -2.37. The molecule has 1 heterocycles. The summed E-state index contributed by atoms with van der Waals surface area (Å²) in [5.41, 5.74) is 4.58. The first-order valence-electron chi connectivity index (χ1n) is 11.9. The highest BCUT2D eigenvalue weighted by atomic mass is 19.1. The number of nitrogens with one attached hydrogen (secondary N) is 1. The fraction of sp³-hybridized carbons (Fsp3) is 0.345. The number of ether oxygens (including phenoxy) is 1. The van der Waals surface area contributed by atoms with E-state index in [9.17, 15) is 9.18 Å². The Hall–Kier alpha value is -3.18. The molecule has 34 heavy (non-hydrogen) atoms. The maximum Gasteiger partial charge on any atom is 0.224 e. The van der Waals surface area contributed by atoms with Crippen molar-refractivity contribution >= 4 is 5.91 Å². The van der Waals surface area contributed by atoms with Gasteiger partial charge in [-0.3, -0.25) is 9.69 Å². The van der Waals surface area contributed by atoms with Gasteiger partial charge in [-0.15, -0.1) is 0 Å².